The number of pyridine rings is 1. The van der Waals surface area contributed by atoms with Crippen molar-refractivity contribution in [1.29, 1.82) is 0 Å². The molecule has 1 heterocycles. The van der Waals surface area contributed by atoms with Gasteiger partial charge in [-0.1, -0.05) is 29.8 Å². The Bertz CT molecular complexity index is 884. The fourth-order valence-electron chi connectivity index (χ4n) is 2.60. The van der Waals surface area contributed by atoms with E-state index in [9.17, 15) is 13.2 Å². The molecule has 3 rings (SSSR count). The van der Waals surface area contributed by atoms with E-state index in [1.54, 1.807) is 18.3 Å². The maximum atomic E-state index is 12.8. The van der Waals surface area contributed by atoms with Gasteiger partial charge >= 0.3 is 6.18 Å². The molecule has 3 aromatic rings. The number of aryl methyl sites for hydroxylation is 2. The first kappa shape index (κ1) is 17.0. The highest BCUT2D eigenvalue weighted by Crippen LogP contribution is 2.32. The second-order valence-corrected chi connectivity index (χ2v) is 5.95. The molecule has 128 valence electrons. The van der Waals surface area contributed by atoms with Crippen LogP contribution in [-0.4, -0.2) is 4.98 Å². The number of anilines is 2. The molecule has 0 aliphatic carbocycles. The average Bonchev–Trinajstić information content (AvgIpc) is 2.57. The minimum absolute atomic E-state index is 0.438. The maximum absolute atomic E-state index is 12.8. The lowest BCUT2D eigenvalue weighted by molar-refractivity contribution is -0.137. The van der Waals surface area contributed by atoms with Gasteiger partial charge in [0.05, 0.1) is 23.1 Å². The summed E-state index contributed by atoms with van der Waals surface area (Å²) >= 11 is 0. The zero-order valence-electron chi connectivity index (χ0n) is 13.9. The number of benzene rings is 2. The van der Waals surface area contributed by atoms with E-state index in [2.05, 4.69) is 16.4 Å². The summed E-state index contributed by atoms with van der Waals surface area (Å²) in [6, 6.07) is 14.8. The minimum atomic E-state index is -4.36. The van der Waals surface area contributed by atoms with Gasteiger partial charge in [-0.25, -0.2) is 0 Å². The van der Waals surface area contributed by atoms with Gasteiger partial charge in [-0.2, -0.15) is 13.2 Å². The number of hydrogen-bond acceptors (Lipinski definition) is 2. The fourth-order valence-corrected chi connectivity index (χ4v) is 2.60. The molecule has 2 nitrogen and oxygen atoms in total. The highest BCUT2D eigenvalue weighted by atomic mass is 19.4. The van der Waals surface area contributed by atoms with Gasteiger partial charge in [0, 0.05) is 11.3 Å². The van der Waals surface area contributed by atoms with E-state index in [1.807, 2.05) is 32.0 Å². The Morgan fingerprint density at radius 2 is 1.72 bits per heavy atom. The van der Waals surface area contributed by atoms with Gasteiger partial charge < -0.3 is 5.32 Å². The quantitative estimate of drug-likeness (QED) is 0.619. The van der Waals surface area contributed by atoms with E-state index < -0.39 is 11.7 Å². The van der Waals surface area contributed by atoms with Gasteiger partial charge in [0.2, 0.25) is 0 Å². The molecule has 2 aromatic carbocycles. The molecule has 1 aromatic heterocycles. The van der Waals surface area contributed by atoms with Gasteiger partial charge in [0.1, 0.15) is 0 Å². The van der Waals surface area contributed by atoms with Crippen LogP contribution in [0.1, 0.15) is 16.7 Å². The van der Waals surface area contributed by atoms with Crippen molar-refractivity contribution in [2.45, 2.75) is 20.0 Å². The molecule has 0 aliphatic rings. The van der Waals surface area contributed by atoms with Gasteiger partial charge in [-0.05, 0) is 49.7 Å². The van der Waals surface area contributed by atoms with E-state index in [0.717, 1.165) is 29.1 Å². The smallest absolute Gasteiger partial charge is 0.354 e. The summed E-state index contributed by atoms with van der Waals surface area (Å²) in [6.45, 7) is 4.04. The monoisotopic (exact) mass is 342 g/mol. The molecule has 0 radical (unpaired) electrons. The predicted octanol–water partition coefficient (Wildman–Crippen LogP) is 6.13. The molecular formula is C20H17F3N2. The lowest BCUT2D eigenvalue weighted by atomic mass is 10.1. The maximum Gasteiger partial charge on any atom is 0.416 e. The molecule has 0 saturated heterocycles. The Labute approximate surface area is 144 Å². The molecule has 1 N–H and O–H groups in total. The highest BCUT2D eigenvalue weighted by molar-refractivity contribution is 5.66. The molecule has 25 heavy (non-hydrogen) atoms. The average molecular weight is 342 g/mol. The molecule has 0 saturated carbocycles. The third kappa shape index (κ3) is 3.99. The summed E-state index contributed by atoms with van der Waals surface area (Å²) in [7, 11) is 0. The first-order valence-corrected chi connectivity index (χ1v) is 7.81. The number of hydrogen-bond donors (Lipinski definition) is 1. The summed E-state index contributed by atoms with van der Waals surface area (Å²) in [5.41, 5.74) is 4.30. The lowest BCUT2D eigenvalue weighted by Crippen LogP contribution is -2.04. The van der Waals surface area contributed by atoms with Crippen molar-refractivity contribution in [3.05, 3.63) is 77.5 Å². The molecule has 0 amide bonds. The van der Waals surface area contributed by atoms with E-state index in [-0.39, 0.29) is 0 Å². The van der Waals surface area contributed by atoms with Crippen molar-refractivity contribution in [3.8, 4) is 11.3 Å². The molecule has 0 aliphatic heterocycles. The van der Waals surface area contributed by atoms with Crippen molar-refractivity contribution in [2.75, 3.05) is 5.32 Å². The zero-order valence-corrected chi connectivity index (χ0v) is 13.9. The third-order valence-electron chi connectivity index (χ3n) is 3.91. The number of nitrogens with one attached hydrogen (secondary N) is 1. The number of rotatable bonds is 3. The molecule has 0 atom stereocenters. The van der Waals surface area contributed by atoms with Crippen LogP contribution in [0.3, 0.4) is 0 Å². The van der Waals surface area contributed by atoms with Crippen LogP contribution in [0, 0.1) is 13.8 Å². The number of halogens is 3. The van der Waals surface area contributed by atoms with Crippen LogP contribution >= 0.6 is 0 Å². The van der Waals surface area contributed by atoms with Gasteiger partial charge in [-0.15, -0.1) is 0 Å². The Balaban J connectivity index is 1.83. The largest absolute Gasteiger partial charge is 0.416 e. The van der Waals surface area contributed by atoms with Crippen LogP contribution in [0.5, 0.6) is 0 Å². The Kier molecular flexibility index (Phi) is 4.49. The van der Waals surface area contributed by atoms with Crippen molar-refractivity contribution in [3.63, 3.8) is 0 Å². The first-order valence-electron chi connectivity index (χ1n) is 7.81. The lowest BCUT2D eigenvalue weighted by Gasteiger charge is -2.11. The van der Waals surface area contributed by atoms with Crippen molar-refractivity contribution < 1.29 is 13.2 Å². The molecular weight excluding hydrogens is 325 g/mol. The molecule has 5 heteroatoms. The normalized spacial score (nSPS) is 11.4. The second-order valence-electron chi connectivity index (χ2n) is 5.95. The standard InChI is InChI=1S/C20H17F3N2/c1-13-6-8-18(14(2)10-13)25-17-7-9-19(24-12-17)15-4-3-5-16(11-15)20(21,22)23/h3-12,25H,1-2H3. The van der Waals surface area contributed by atoms with Crippen LogP contribution in [0.25, 0.3) is 11.3 Å². The van der Waals surface area contributed by atoms with Crippen LogP contribution in [0.2, 0.25) is 0 Å². The molecule has 0 unspecified atom stereocenters. The number of alkyl halides is 3. The summed E-state index contributed by atoms with van der Waals surface area (Å²) in [5, 5.41) is 3.27. The molecule has 0 spiro atoms. The first-order chi connectivity index (χ1) is 11.8. The number of nitrogens with zero attached hydrogens (tertiary/aromatic N) is 1. The van der Waals surface area contributed by atoms with Crippen molar-refractivity contribution >= 4 is 11.4 Å². The SMILES string of the molecule is Cc1ccc(Nc2ccc(-c3cccc(C(F)(F)F)c3)nc2)c(C)c1. The highest BCUT2D eigenvalue weighted by Gasteiger charge is 2.30. The molecule has 0 fully saturated rings. The van der Waals surface area contributed by atoms with Crippen LogP contribution in [0.15, 0.2) is 60.8 Å². The van der Waals surface area contributed by atoms with Crippen molar-refractivity contribution in [2.24, 2.45) is 0 Å². The van der Waals surface area contributed by atoms with E-state index in [1.165, 1.54) is 11.6 Å². The fraction of sp³-hybridized carbons (Fsp3) is 0.150. The zero-order chi connectivity index (χ0) is 18.0. The summed E-state index contributed by atoms with van der Waals surface area (Å²) in [6.07, 6.45) is -2.74. The minimum Gasteiger partial charge on any atom is -0.354 e. The predicted molar refractivity (Wildman–Crippen MR) is 93.9 cm³/mol. The second kappa shape index (κ2) is 6.59. The topological polar surface area (TPSA) is 24.9 Å². The van der Waals surface area contributed by atoms with Gasteiger partial charge in [0.15, 0.2) is 0 Å². The summed E-state index contributed by atoms with van der Waals surface area (Å²) in [5.74, 6) is 0. The van der Waals surface area contributed by atoms with Crippen molar-refractivity contribution in [1.82, 2.24) is 4.98 Å². The van der Waals surface area contributed by atoms with Gasteiger partial charge in [0.25, 0.3) is 0 Å². The number of aromatic nitrogens is 1. The summed E-state index contributed by atoms with van der Waals surface area (Å²) in [4.78, 5) is 4.29. The van der Waals surface area contributed by atoms with Crippen LogP contribution < -0.4 is 5.32 Å². The third-order valence-corrected chi connectivity index (χ3v) is 3.91. The summed E-state index contributed by atoms with van der Waals surface area (Å²) < 4.78 is 38.5. The van der Waals surface area contributed by atoms with E-state index in [0.29, 0.717) is 11.3 Å². The Morgan fingerprint density at radius 1 is 0.920 bits per heavy atom. The van der Waals surface area contributed by atoms with Crippen LogP contribution in [0.4, 0.5) is 24.5 Å². The van der Waals surface area contributed by atoms with E-state index >= 15 is 0 Å². The Hall–Kier alpha value is -2.82. The van der Waals surface area contributed by atoms with E-state index in [4.69, 9.17) is 0 Å². The Morgan fingerprint density at radius 3 is 2.36 bits per heavy atom. The molecule has 0 bridgehead atoms. The van der Waals surface area contributed by atoms with Crippen LogP contribution in [-0.2, 0) is 6.18 Å². The van der Waals surface area contributed by atoms with Gasteiger partial charge in [-0.3, -0.25) is 4.98 Å².